The van der Waals surface area contributed by atoms with Gasteiger partial charge in [-0.25, -0.2) is 0 Å². The second kappa shape index (κ2) is 7.04. The van der Waals surface area contributed by atoms with Crippen LogP contribution in [0.3, 0.4) is 0 Å². The molecule has 9 heteroatoms. The number of ether oxygens (including phenoxy) is 2. The molecule has 0 unspecified atom stereocenters. The molecule has 4 rings (SSSR count). The van der Waals surface area contributed by atoms with E-state index in [2.05, 4.69) is 4.98 Å². The Morgan fingerprint density at radius 1 is 1.30 bits per heavy atom. The van der Waals surface area contributed by atoms with Gasteiger partial charge in [-0.05, 0) is 44.4 Å². The number of nitriles is 1. The van der Waals surface area contributed by atoms with Crippen LogP contribution in [0.15, 0.2) is 24.3 Å². The van der Waals surface area contributed by atoms with Crippen molar-refractivity contribution < 1.29 is 27.4 Å². The minimum atomic E-state index is -4.36. The smallest absolute Gasteiger partial charge is 0.397 e. The van der Waals surface area contributed by atoms with Crippen molar-refractivity contribution in [3.05, 3.63) is 41.2 Å². The lowest BCUT2D eigenvalue weighted by molar-refractivity contribution is -0.180. The Morgan fingerprint density at radius 3 is 2.53 bits per heavy atom. The summed E-state index contributed by atoms with van der Waals surface area (Å²) in [7, 11) is 0. The molecular weight excluding hydrogens is 399 g/mol. The Bertz CT molecular complexity index is 1020. The molecule has 1 fully saturated rings. The molecule has 1 saturated carbocycles. The van der Waals surface area contributed by atoms with Crippen LogP contribution in [0.4, 0.5) is 13.2 Å². The zero-order valence-electron chi connectivity index (χ0n) is 16.5. The SMILES string of the molecule is CC(C)(c1ccc(OC[C@@H]2Cn3c(nc(C#N)c3C(=O)C3CC3)O2)cc1)C(F)(F)F. The quantitative estimate of drug-likeness (QED) is 0.661. The molecule has 158 valence electrons. The van der Waals surface area contributed by atoms with Gasteiger partial charge in [-0.15, -0.1) is 0 Å². The van der Waals surface area contributed by atoms with E-state index in [1.807, 2.05) is 6.07 Å². The molecule has 2 aromatic rings. The van der Waals surface area contributed by atoms with Crippen molar-refractivity contribution in [3.8, 4) is 17.8 Å². The first-order chi connectivity index (χ1) is 14.1. The molecule has 6 nitrogen and oxygen atoms in total. The maximum atomic E-state index is 13.2. The van der Waals surface area contributed by atoms with Crippen LogP contribution in [0, 0.1) is 17.2 Å². The molecule has 1 atom stereocenters. The van der Waals surface area contributed by atoms with Gasteiger partial charge >= 0.3 is 6.18 Å². The highest BCUT2D eigenvalue weighted by Crippen LogP contribution is 2.41. The molecule has 0 radical (unpaired) electrons. The van der Waals surface area contributed by atoms with Gasteiger partial charge in [0.05, 0.1) is 12.0 Å². The van der Waals surface area contributed by atoms with Gasteiger partial charge in [0.15, 0.2) is 17.6 Å². The summed E-state index contributed by atoms with van der Waals surface area (Å²) in [6.07, 6.45) is -3.14. The highest BCUT2D eigenvalue weighted by atomic mass is 19.4. The minimum absolute atomic E-state index is 0.0485. The first-order valence-corrected chi connectivity index (χ1v) is 9.63. The summed E-state index contributed by atoms with van der Waals surface area (Å²) >= 11 is 0. The number of alkyl halides is 3. The summed E-state index contributed by atoms with van der Waals surface area (Å²) in [5.74, 6) is 0.280. The molecular formula is C21H20F3N3O3. The number of nitrogens with zero attached hydrogens (tertiary/aromatic N) is 3. The average molecular weight is 419 g/mol. The molecule has 0 saturated heterocycles. The van der Waals surface area contributed by atoms with Gasteiger partial charge in [0.2, 0.25) is 0 Å². The van der Waals surface area contributed by atoms with E-state index in [1.54, 1.807) is 4.57 Å². The van der Waals surface area contributed by atoms with E-state index in [0.29, 0.717) is 12.3 Å². The van der Waals surface area contributed by atoms with Gasteiger partial charge < -0.3 is 9.47 Å². The summed E-state index contributed by atoms with van der Waals surface area (Å²) < 4.78 is 52.5. The molecule has 0 bridgehead atoms. The van der Waals surface area contributed by atoms with Gasteiger partial charge in [-0.1, -0.05) is 12.1 Å². The normalized spacial score (nSPS) is 18.5. The number of aromatic nitrogens is 2. The fraction of sp³-hybridized carbons (Fsp3) is 0.476. The Morgan fingerprint density at radius 2 is 1.97 bits per heavy atom. The van der Waals surface area contributed by atoms with Crippen molar-refractivity contribution in [1.29, 1.82) is 5.26 Å². The van der Waals surface area contributed by atoms with Crippen molar-refractivity contribution in [2.24, 2.45) is 5.92 Å². The van der Waals surface area contributed by atoms with Crippen LogP contribution in [0.1, 0.15) is 48.4 Å². The zero-order chi connectivity index (χ0) is 21.7. The summed E-state index contributed by atoms with van der Waals surface area (Å²) in [6, 6.07) is 7.94. The number of halogens is 3. The highest BCUT2D eigenvalue weighted by Gasteiger charge is 2.48. The van der Waals surface area contributed by atoms with Crippen LogP contribution in [0.5, 0.6) is 11.8 Å². The number of benzene rings is 1. The lowest BCUT2D eigenvalue weighted by Gasteiger charge is -2.28. The second-order valence-electron chi connectivity index (χ2n) is 8.15. The van der Waals surface area contributed by atoms with Gasteiger partial charge in [0, 0.05) is 5.92 Å². The van der Waals surface area contributed by atoms with Crippen molar-refractivity contribution in [2.45, 2.75) is 50.9 Å². The summed E-state index contributed by atoms with van der Waals surface area (Å²) in [5.41, 5.74) is -1.45. The molecule has 0 spiro atoms. The van der Waals surface area contributed by atoms with Crippen molar-refractivity contribution in [3.63, 3.8) is 0 Å². The van der Waals surface area contributed by atoms with E-state index in [4.69, 9.17) is 9.47 Å². The zero-order valence-corrected chi connectivity index (χ0v) is 16.5. The number of fused-ring (bicyclic) bond motifs is 1. The van der Waals surface area contributed by atoms with E-state index in [0.717, 1.165) is 26.7 Å². The summed E-state index contributed by atoms with van der Waals surface area (Å²) in [6.45, 7) is 2.71. The third-order valence-corrected chi connectivity index (χ3v) is 5.60. The minimum Gasteiger partial charge on any atom is -0.490 e. The fourth-order valence-electron chi connectivity index (χ4n) is 3.36. The number of imidazole rings is 1. The van der Waals surface area contributed by atoms with Crippen LogP contribution in [0.25, 0.3) is 0 Å². The molecule has 1 aromatic carbocycles. The number of hydrogen-bond donors (Lipinski definition) is 0. The van der Waals surface area contributed by atoms with Crippen LogP contribution < -0.4 is 9.47 Å². The Labute approximate surface area is 171 Å². The average Bonchev–Trinajstić information content (AvgIpc) is 3.38. The number of hydrogen-bond acceptors (Lipinski definition) is 5. The number of ketones is 1. The van der Waals surface area contributed by atoms with E-state index in [-0.39, 0.29) is 41.3 Å². The standard InChI is InChI=1S/C21H20F3N3O3/c1-20(2,21(22,23)24)13-5-7-14(8-6-13)29-11-15-10-27-17(18(28)12-3-4-12)16(9-25)26-19(27)30-15/h5-8,12,15H,3-4,10-11H2,1-2H3/t15-/m0/s1. The molecule has 2 heterocycles. The second-order valence-corrected chi connectivity index (χ2v) is 8.15. The van der Waals surface area contributed by atoms with E-state index in [9.17, 15) is 23.2 Å². The van der Waals surface area contributed by atoms with Crippen molar-refractivity contribution >= 4 is 5.78 Å². The molecule has 1 aliphatic heterocycles. The van der Waals surface area contributed by atoms with E-state index >= 15 is 0 Å². The van der Waals surface area contributed by atoms with Gasteiger partial charge in [0.25, 0.3) is 6.01 Å². The number of carbonyl (C=O) groups excluding carboxylic acids is 1. The van der Waals surface area contributed by atoms with Crippen LogP contribution in [0.2, 0.25) is 0 Å². The van der Waals surface area contributed by atoms with Crippen LogP contribution in [-0.2, 0) is 12.0 Å². The maximum absolute atomic E-state index is 13.2. The Kier molecular flexibility index (Phi) is 4.76. The van der Waals surface area contributed by atoms with Gasteiger partial charge in [-0.2, -0.15) is 23.4 Å². The molecule has 2 aliphatic rings. The number of Topliss-reactive ketones (excluding diaryl/α,β-unsaturated/α-hetero) is 1. The number of rotatable bonds is 6. The Hall–Kier alpha value is -3.02. The molecule has 0 amide bonds. The lowest BCUT2D eigenvalue weighted by Crippen LogP contribution is -2.36. The molecule has 30 heavy (non-hydrogen) atoms. The first-order valence-electron chi connectivity index (χ1n) is 9.63. The third kappa shape index (κ3) is 3.51. The summed E-state index contributed by atoms with van der Waals surface area (Å²) in [4.78, 5) is 16.6. The van der Waals surface area contributed by atoms with Crippen LogP contribution >= 0.6 is 0 Å². The largest absolute Gasteiger partial charge is 0.490 e. The topological polar surface area (TPSA) is 77.1 Å². The predicted molar refractivity (Wildman–Crippen MR) is 99.4 cm³/mol. The van der Waals surface area contributed by atoms with E-state index in [1.165, 1.54) is 24.3 Å². The van der Waals surface area contributed by atoms with Crippen molar-refractivity contribution in [1.82, 2.24) is 9.55 Å². The molecule has 1 aliphatic carbocycles. The van der Waals surface area contributed by atoms with E-state index < -0.39 is 17.7 Å². The first kappa shape index (κ1) is 20.3. The highest BCUT2D eigenvalue weighted by molar-refractivity contribution is 5.99. The van der Waals surface area contributed by atoms with Crippen molar-refractivity contribution in [2.75, 3.05) is 6.61 Å². The maximum Gasteiger partial charge on any atom is 0.397 e. The summed E-state index contributed by atoms with van der Waals surface area (Å²) in [5, 5.41) is 9.25. The molecule has 0 N–H and O–H groups in total. The lowest BCUT2D eigenvalue weighted by atomic mass is 9.84. The predicted octanol–water partition coefficient (Wildman–Crippen LogP) is 4.03. The monoisotopic (exact) mass is 419 g/mol. The third-order valence-electron chi connectivity index (χ3n) is 5.60. The van der Waals surface area contributed by atoms with Gasteiger partial charge in [-0.3, -0.25) is 9.36 Å². The molecule has 1 aromatic heterocycles. The fourth-order valence-corrected chi connectivity index (χ4v) is 3.36. The number of carbonyl (C=O) groups is 1. The Balaban J connectivity index is 1.41. The van der Waals surface area contributed by atoms with Crippen LogP contribution in [-0.4, -0.2) is 34.2 Å². The van der Waals surface area contributed by atoms with Gasteiger partial charge in [0.1, 0.15) is 24.1 Å².